The molecule has 2 aliphatic rings. The van der Waals surface area contributed by atoms with Gasteiger partial charge >= 0.3 is 0 Å². The van der Waals surface area contributed by atoms with Gasteiger partial charge in [0, 0.05) is 12.6 Å². The van der Waals surface area contributed by atoms with Crippen molar-refractivity contribution in [2.75, 3.05) is 6.61 Å². The third-order valence-corrected chi connectivity index (χ3v) is 4.57. The van der Waals surface area contributed by atoms with Gasteiger partial charge in [-0.1, -0.05) is 24.4 Å². The van der Waals surface area contributed by atoms with Gasteiger partial charge in [0.25, 0.3) is 0 Å². The van der Waals surface area contributed by atoms with Crippen LogP contribution < -0.4 is 11.1 Å². The lowest BCUT2D eigenvalue weighted by molar-refractivity contribution is -0.131. The first-order valence-electron chi connectivity index (χ1n) is 7.53. The molecule has 2 rings (SSSR count). The monoisotopic (exact) mass is 283 g/mol. The predicted octanol–water partition coefficient (Wildman–Crippen LogP) is 1.37. The molecule has 114 valence electrons. The van der Waals surface area contributed by atoms with Crippen molar-refractivity contribution in [3.63, 3.8) is 0 Å². The van der Waals surface area contributed by atoms with Crippen molar-refractivity contribution in [3.05, 3.63) is 0 Å². The fourth-order valence-electron chi connectivity index (χ4n) is 3.23. The zero-order valence-corrected chi connectivity index (χ0v) is 12.1. The van der Waals surface area contributed by atoms with Gasteiger partial charge in [-0.2, -0.15) is 0 Å². The van der Waals surface area contributed by atoms with Crippen LogP contribution in [0.2, 0.25) is 0 Å². The molecule has 0 aliphatic heterocycles. The molecule has 0 unspecified atom stereocenters. The molecule has 0 aromatic heterocycles. The molecule has 0 radical (unpaired) electrons. The highest BCUT2D eigenvalue weighted by molar-refractivity contribution is 6.06. The summed E-state index contributed by atoms with van der Waals surface area (Å²) < 4.78 is 5.49. The molecular formula is C14H25N3O3. The molecule has 2 fully saturated rings. The summed E-state index contributed by atoms with van der Waals surface area (Å²) in [5.74, 6) is -0.0390. The van der Waals surface area contributed by atoms with Crippen LogP contribution in [0.15, 0.2) is 5.16 Å². The number of carbonyl (C=O) groups excluding carboxylic acids is 1. The molecule has 6 heteroatoms. The topological polar surface area (TPSA) is 96.9 Å². The molecule has 0 spiro atoms. The van der Waals surface area contributed by atoms with Crippen LogP contribution in [-0.2, 0) is 9.53 Å². The number of amides is 1. The molecule has 2 saturated carbocycles. The van der Waals surface area contributed by atoms with Crippen molar-refractivity contribution in [1.29, 1.82) is 0 Å². The number of hydrogen-bond acceptors (Lipinski definition) is 4. The van der Waals surface area contributed by atoms with Crippen LogP contribution >= 0.6 is 0 Å². The van der Waals surface area contributed by atoms with Gasteiger partial charge in [0.05, 0.1) is 6.10 Å². The summed E-state index contributed by atoms with van der Waals surface area (Å²) in [7, 11) is 0. The largest absolute Gasteiger partial charge is 0.409 e. The average Bonchev–Trinajstić information content (AvgIpc) is 2.44. The van der Waals surface area contributed by atoms with Crippen molar-refractivity contribution >= 4 is 11.7 Å². The Labute approximate surface area is 119 Å². The Morgan fingerprint density at radius 2 is 2.05 bits per heavy atom. The van der Waals surface area contributed by atoms with E-state index in [1.54, 1.807) is 0 Å². The van der Waals surface area contributed by atoms with E-state index in [2.05, 4.69) is 10.5 Å². The summed E-state index contributed by atoms with van der Waals surface area (Å²) in [4.78, 5) is 12.6. The minimum Gasteiger partial charge on any atom is -0.409 e. The zero-order valence-electron chi connectivity index (χ0n) is 12.1. The van der Waals surface area contributed by atoms with Crippen LogP contribution in [0, 0.1) is 5.41 Å². The second kappa shape index (κ2) is 6.43. The van der Waals surface area contributed by atoms with Crippen LogP contribution in [0.1, 0.15) is 51.9 Å². The third kappa shape index (κ3) is 2.90. The van der Waals surface area contributed by atoms with Gasteiger partial charge in [-0.25, -0.2) is 0 Å². The number of ether oxygens (including phenoxy) is 1. The zero-order chi connectivity index (χ0) is 14.6. The Hall–Kier alpha value is -1.30. The van der Waals surface area contributed by atoms with Gasteiger partial charge in [-0.05, 0) is 32.6 Å². The van der Waals surface area contributed by atoms with E-state index in [0.717, 1.165) is 32.1 Å². The van der Waals surface area contributed by atoms with Gasteiger partial charge in [0.1, 0.15) is 5.41 Å². The van der Waals surface area contributed by atoms with Crippen LogP contribution in [0.4, 0.5) is 0 Å². The molecule has 0 aromatic rings. The maximum absolute atomic E-state index is 12.6. The summed E-state index contributed by atoms with van der Waals surface area (Å²) in [6.07, 6.45) is 6.27. The SMILES string of the molecule is CCOC1CC(NC(=O)C2(C(N)=NO)CCCCC2)C1. The molecule has 2 aliphatic carbocycles. The Morgan fingerprint density at radius 1 is 1.40 bits per heavy atom. The van der Waals surface area contributed by atoms with Gasteiger partial charge in [0.2, 0.25) is 5.91 Å². The number of rotatable bonds is 5. The third-order valence-electron chi connectivity index (χ3n) is 4.57. The highest BCUT2D eigenvalue weighted by Crippen LogP contribution is 2.37. The van der Waals surface area contributed by atoms with E-state index in [9.17, 15) is 4.79 Å². The number of nitrogens with zero attached hydrogens (tertiary/aromatic N) is 1. The summed E-state index contributed by atoms with van der Waals surface area (Å²) in [5, 5.41) is 15.1. The number of oxime groups is 1. The molecular weight excluding hydrogens is 258 g/mol. The maximum atomic E-state index is 12.6. The molecule has 1 amide bonds. The van der Waals surface area contributed by atoms with Crippen molar-refractivity contribution in [2.45, 2.75) is 64.0 Å². The van der Waals surface area contributed by atoms with Crippen LogP contribution in [0.25, 0.3) is 0 Å². The lowest BCUT2D eigenvalue weighted by atomic mass is 9.72. The van der Waals surface area contributed by atoms with Crippen molar-refractivity contribution < 1.29 is 14.7 Å². The minimum atomic E-state index is -0.816. The molecule has 0 saturated heterocycles. The standard InChI is InChI=1S/C14H25N3O3/c1-2-20-11-8-10(9-11)16-13(18)14(12(15)17-19)6-4-3-5-7-14/h10-11,19H,2-9H2,1H3,(H2,15,17)(H,16,18). The van der Waals surface area contributed by atoms with Crippen molar-refractivity contribution in [2.24, 2.45) is 16.3 Å². The van der Waals surface area contributed by atoms with E-state index >= 15 is 0 Å². The molecule has 0 heterocycles. The van der Waals surface area contributed by atoms with E-state index in [1.807, 2.05) is 6.92 Å². The van der Waals surface area contributed by atoms with Gasteiger partial charge < -0.3 is 21.0 Å². The number of nitrogens with two attached hydrogens (primary N) is 1. The van der Waals surface area contributed by atoms with Gasteiger partial charge in [-0.3, -0.25) is 4.79 Å². The van der Waals surface area contributed by atoms with E-state index in [1.165, 1.54) is 0 Å². The Kier molecular flexibility index (Phi) is 4.86. The highest BCUT2D eigenvalue weighted by atomic mass is 16.5. The normalized spacial score (nSPS) is 29.6. The molecule has 0 bridgehead atoms. The van der Waals surface area contributed by atoms with Crippen LogP contribution in [0.5, 0.6) is 0 Å². The summed E-state index contributed by atoms with van der Waals surface area (Å²) >= 11 is 0. The lowest BCUT2D eigenvalue weighted by Crippen LogP contribution is -2.56. The van der Waals surface area contributed by atoms with Gasteiger partial charge in [-0.15, -0.1) is 0 Å². The first-order valence-corrected chi connectivity index (χ1v) is 7.53. The van der Waals surface area contributed by atoms with Crippen LogP contribution in [-0.4, -0.2) is 35.7 Å². The van der Waals surface area contributed by atoms with E-state index in [0.29, 0.717) is 19.4 Å². The maximum Gasteiger partial charge on any atom is 0.234 e. The predicted molar refractivity (Wildman–Crippen MR) is 75.5 cm³/mol. The first kappa shape index (κ1) is 15.1. The molecule has 20 heavy (non-hydrogen) atoms. The number of nitrogens with one attached hydrogen (secondary N) is 1. The highest BCUT2D eigenvalue weighted by Gasteiger charge is 2.45. The number of carbonyl (C=O) groups is 1. The Morgan fingerprint density at radius 3 is 2.60 bits per heavy atom. The lowest BCUT2D eigenvalue weighted by Gasteiger charge is -2.40. The fourth-order valence-corrected chi connectivity index (χ4v) is 3.23. The number of hydrogen-bond donors (Lipinski definition) is 3. The quantitative estimate of drug-likeness (QED) is 0.307. The van der Waals surface area contributed by atoms with Gasteiger partial charge in [0.15, 0.2) is 5.84 Å². The Balaban J connectivity index is 1.95. The second-order valence-electron chi connectivity index (χ2n) is 5.85. The summed E-state index contributed by atoms with van der Waals surface area (Å²) in [5.41, 5.74) is 4.99. The summed E-state index contributed by atoms with van der Waals surface area (Å²) in [6.45, 7) is 2.68. The number of amidine groups is 1. The first-order chi connectivity index (χ1) is 9.62. The van der Waals surface area contributed by atoms with E-state index < -0.39 is 5.41 Å². The molecule has 0 atom stereocenters. The molecule has 0 aromatic carbocycles. The second-order valence-corrected chi connectivity index (χ2v) is 5.85. The Bertz CT molecular complexity index is 372. The fraction of sp³-hybridized carbons (Fsp3) is 0.857. The average molecular weight is 283 g/mol. The minimum absolute atomic E-state index is 0.0513. The molecule has 6 nitrogen and oxygen atoms in total. The smallest absolute Gasteiger partial charge is 0.234 e. The van der Waals surface area contributed by atoms with Crippen LogP contribution in [0.3, 0.4) is 0 Å². The van der Waals surface area contributed by atoms with E-state index in [4.69, 9.17) is 15.7 Å². The van der Waals surface area contributed by atoms with E-state index in [-0.39, 0.29) is 23.9 Å². The molecule has 4 N–H and O–H groups in total. The van der Waals surface area contributed by atoms with Crippen molar-refractivity contribution in [3.8, 4) is 0 Å². The summed E-state index contributed by atoms with van der Waals surface area (Å²) in [6, 6.07) is 0.157. The van der Waals surface area contributed by atoms with Crippen molar-refractivity contribution in [1.82, 2.24) is 5.32 Å².